The molecular weight excluding hydrogens is 391 g/mol. The molecule has 146 valence electrons. The number of benzene rings is 2. The highest BCUT2D eigenvalue weighted by molar-refractivity contribution is 7.92. The van der Waals surface area contributed by atoms with Gasteiger partial charge in [0.2, 0.25) is 20.0 Å². The van der Waals surface area contributed by atoms with E-state index in [4.69, 9.17) is 0 Å². The van der Waals surface area contributed by atoms with Crippen LogP contribution in [-0.2, 0) is 32.2 Å². The molecule has 0 bridgehead atoms. The fraction of sp³-hybridized carbons (Fsp3) is 0.333. The average Bonchev–Trinajstić information content (AvgIpc) is 2.62. The van der Waals surface area contributed by atoms with Crippen molar-refractivity contribution in [2.24, 2.45) is 0 Å². The van der Waals surface area contributed by atoms with Crippen LogP contribution in [0.25, 0.3) is 0 Å². The highest BCUT2D eigenvalue weighted by Crippen LogP contribution is 2.32. The van der Waals surface area contributed by atoms with Crippen LogP contribution in [0.3, 0.4) is 0 Å². The van der Waals surface area contributed by atoms with Crippen LogP contribution in [0.15, 0.2) is 42.5 Å². The van der Waals surface area contributed by atoms with Gasteiger partial charge in [0.15, 0.2) is 0 Å². The molecule has 27 heavy (non-hydrogen) atoms. The minimum Gasteiger partial charge on any atom is -0.283 e. The number of fused-ring (bicyclic) bond motifs is 1. The first-order chi connectivity index (χ1) is 12.7. The van der Waals surface area contributed by atoms with Crippen LogP contribution < -0.4 is 9.03 Å². The summed E-state index contributed by atoms with van der Waals surface area (Å²) < 4.78 is 67.0. The molecule has 0 radical (unpaired) electrons. The third-order valence-electron chi connectivity index (χ3n) is 4.44. The van der Waals surface area contributed by atoms with E-state index in [1.165, 1.54) is 28.6 Å². The number of halogens is 1. The Morgan fingerprint density at radius 2 is 1.85 bits per heavy atom. The Hall–Kier alpha value is -2.13. The zero-order valence-electron chi connectivity index (χ0n) is 14.9. The number of hydrogen-bond donors (Lipinski definition) is 1. The van der Waals surface area contributed by atoms with Gasteiger partial charge in [0, 0.05) is 12.1 Å². The van der Waals surface area contributed by atoms with Crippen molar-refractivity contribution < 1.29 is 21.2 Å². The van der Waals surface area contributed by atoms with Crippen LogP contribution in [0.5, 0.6) is 0 Å². The largest absolute Gasteiger partial charge is 0.283 e. The first-order valence-corrected chi connectivity index (χ1v) is 11.9. The van der Waals surface area contributed by atoms with Crippen molar-refractivity contribution in [1.82, 2.24) is 0 Å². The Morgan fingerprint density at radius 3 is 2.56 bits per heavy atom. The molecule has 1 aliphatic rings. The van der Waals surface area contributed by atoms with E-state index in [1.54, 1.807) is 25.1 Å². The van der Waals surface area contributed by atoms with Crippen molar-refractivity contribution in [3.8, 4) is 0 Å². The lowest BCUT2D eigenvalue weighted by atomic mass is 10.0. The molecule has 2 aromatic rings. The molecule has 1 aliphatic heterocycles. The Bertz CT molecular complexity index is 1050. The van der Waals surface area contributed by atoms with Gasteiger partial charge in [0.1, 0.15) is 5.82 Å². The number of rotatable bonds is 6. The lowest BCUT2D eigenvalue weighted by Crippen LogP contribution is -2.36. The van der Waals surface area contributed by atoms with Gasteiger partial charge in [-0.3, -0.25) is 9.03 Å². The maximum absolute atomic E-state index is 13.7. The number of hydrogen-bond acceptors (Lipinski definition) is 4. The Morgan fingerprint density at radius 1 is 1.11 bits per heavy atom. The molecule has 0 atom stereocenters. The van der Waals surface area contributed by atoms with Crippen molar-refractivity contribution in [1.29, 1.82) is 0 Å². The quantitative estimate of drug-likeness (QED) is 0.791. The van der Waals surface area contributed by atoms with E-state index in [-0.39, 0.29) is 17.0 Å². The SMILES string of the molecule is CCS(=O)(=O)N1CCCc2ccc(NS(=O)(=O)Cc3ccccc3F)cc21. The number of nitrogens with one attached hydrogen (secondary N) is 1. The van der Waals surface area contributed by atoms with Crippen molar-refractivity contribution >= 4 is 31.4 Å². The lowest BCUT2D eigenvalue weighted by Gasteiger charge is -2.30. The summed E-state index contributed by atoms with van der Waals surface area (Å²) in [5, 5.41) is 0. The minimum atomic E-state index is -3.85. The van der Waals surface area contributed by atoms with E-state index >= 15 is 0 Å². The molecule has 9 heteroatoms. The standard InChI is InChI=1S/C18H21FN2O4S2/c1-2-27(24,25)21-11-5-7-14-9-10-16(12-18(14)21)20-26(22,23)13-15-6-3-4-8-17(15)19/h3-4,6,8-10,12,20H,2,5,7,11,13H2,1H3. The molecule has 0 fully saturated rings. The summed E-state index contributed by atoms with van der Waals surface area (Å²) in [6.45, 7) is 1.94. The maximum atomic E-state index is 13.7. The fourth-order valence-corrected chi connectivity index (χ4v) is 5.48. The second-order valence-corrected chi connectivity index (χ2v) is 10.3. The zero-order chi connectivity index (χ0) is 19.7. The van der Waals surface area contributed by atoms with Crippen molar-refractivity contribution in [2.45, 2.75) is 25.5 Å². The molecule has 0 saturated heterocycles. The average molecular weight is 413 g/mol. The van der Waals surface area contributed by atoms with Gasteiger partial charge < -0.3 is 0 Å². The summed E-state index contributed by atoms with van der Waals surface area (Å²) in [5.74, 6) is -1.13. The Balaban J connectivity index is 1.88. The molecule has 6 nitrogen and oxygen atoms in total. The molecule has 3 rings (SSSR count). The summed E-state index contributed by atoms with van der Waals surface area (Å²) in [6.07, 6.45) is 1.44. The minimum absolute atomic E-state index is 0.0321. The van der Waals surface area contributed by atoms with E-state index in [0.717, 1.165) is 12.0 Å². The van der Waals surface area contributed by atoms with Gasteiger partial charge >= 0.3 is 0 Å². The van der Waals surface area contributed by atoms with Gasteiger partial charge in [-0.1, -0.05) is 24.3 Å². The summed E-state index contributed by atoms with van der Waals surface area (Å²) in [6, 6.07) is 10.5. The number of anilines is 2. The zero-order valence-corrected chi connectivity index (χ0v) is 16.5. The molecule has 1 heterocycles. The molecule has 0 aliphatic carbocycles. The summed E-state index contributed by atoms with van der Waals surface area (Å²) in [4.78, 5) is 0. The number of aryl methyl sites for hydroxylation is 1. The van der Waals surface area contributed by atoms with E-state index in [1.807, 2.05) is 0 Å². The van der Waals surface area contributed by atoms with Crippen molar-refractivity contribution in [2.75, 3.05) is 21.3 Å². The summed E-state index contributed by atoms with van der Waals surface area (Å²) in [5.41, 5.74) is 1.67. The molecule has 0 saturated carbocycles. The Kier molecular flexibility index (Phi) is 5.43. The number of sulfonamides is 2. The first-order valence-electron chi connectivity index (χ1n) is 8.59. The van der Waals surface area contributed by atoms with Gasteiger partial charge in [-0.2, -0.15) is 0 Å². The van der Waals surface area contributed by atoms with Crippen molar-refractivity contribution in [3.63, 3.8) is 0 Å². The van der Waals surface area contributed by atoms with Gasteiger partial charge in [0.25, 0.3) is 0 Å². The molecule has 0 amide bonds. The number of nitrogens with zero attached hydrogens (tertiary/aromatic N) is 1. The molecular formula is C18H21FN2O4S2. The van der Waals surface area contributed by atoms with Gasteiger partial charge in [-0.15, -0.1) is 0 Å². The van der Waals surface area contributed by atoms with Gasteiger partial charge in [-0.05, 0) is 43.5 Å². The smallest absolute Gasteiger partial charge is 0.237 e. The van der Waals surface area contributed by atoms with Crippen LogP contribution in [-0.4, -0.2) is 29.1 Å². The maximum Gasteiger partial charge on any atom is 0.237 e. The van der Waals surface area contributed by atoms with Gasteiger partial charge in [0.05, 0.1) is 22.9 Å². The first kappa shape index (κ1) is 19.6. The molecule has 0 unspecified atom stereocenters. The third kappa shape index (κ3) is 4.41. The molecule has 1 N–H and O–H groups in total. The van der Waals surface area contributed by atoms with Crippen LogP contribution >= 0.6 is 0 Å². The summed E-state index contributed by atoms with van der Waals surface area (Å²) in [7, 11) is -7.30. The third-order valence-corrected chi connectivity index (χ3v) is 7.46. The van der Waals surface area contributed by atoms with Crippen LogP contribution in [0.4, 0.5) is 15.8 Å². The van der Waals surface area contributed by atoms with E-state index in [0.29, 0.717) is 18.7 Å². The van der Waals surface area contributed by atoms with Crippen LogP contribution in [0.1, 0.15) is 24.5 Å². The van der Waals surface area contributed by atoms with E-state index in [2.05, 4.69) is 4.72 Å². The Labute approximate surface area is 159 Å². The van der Waals surface area contributed by atoms with E-state index < -0.39 is 31.6 Å². The monoisotopic (exact) mass is 412 g/mol. The normalized spacial score (nSPS) is 14.7. The van der Waals surface area contributed by atoms with Gasteiger partial charge in [-0.25, -0.2) is 21.2 Å². The summed E-state index contributed by atoms with van der Waals surface area (Å²) >= 11 is 0. The highest BCUT2D eigenvalue weighted by Gasteiger charge is 2.26. The van der Waals surface area contributed by atoms with Crippen LogP contribution in [0.2, 0.25) is 0 Å². The fourth-order valence-electron chi connectivity index (χ4n) is 3.09. The second-order valence-electron chi connectivity index (χ2n) is 6.37. The molecule has 0 aromatic heterocycles. The predicted molar refractivity (Wildman–Crippen MR) is 104 cm³/mol. The van der Waals surface area contributed by atoms with E-state index in [9.17, 15) is 21.2 Å². The van der Waals surface area contributed by atoms with Crippen LogP contribution in [0, 0.1) is 5.82 Å². The predicted octanol–water partition coefficient (Wildman–Crippen LogP) is 2.87. The second kappa shape index (κ2) is 7.47. The lowest BCUT2D eigenvalue weighted by molar-refractivity contribution is 0.587. The molecule has 2 aromatic carbocycles. The molecule has 0 spiro atoms. The topological polar surface area (TPSA) is 83.6 Å². The highest BCUT2D eigenvalue weighted by atomic mass is 32.2. The van der Waals surface area contributed by atoms with Crippen molar-refractivity contribution in [3.05, 3.63) is 59.4 Å².